The van der Waals surface area contributed by atoms with Gasteiger partial charge in [0, 0.05) is 25.5 Å². The lowest BCUT2D eigenvalue weighted by Gasteiger charge is -2.19. The van der Waals surface area contributed by atoms with Gasteiger partial charge in [0.25, 0.3) is 0 Å². The van der Waals surface area contributed by atoms with Crippen molar-refractivity contribution in [3.8, 4) is 0 Å². The third-order valence-electron chi connectivity index (χ3n) is 3.89. The van der Waals surface area contributed by atoms with Crippen LogP contribution in [0.2, 0.25) is 0 Å². The second-order valence-electron chi connectivity index (χ2n) is 7.72. The monoisotopic (exact) mass is 554 g/mol. The number of benzene rings is 1. The van der Waals surface area contributed by atoms with Gasteiger partial charge in [-0.25, -0.2) is 4.79 Å². The van der Waals surface area contributed by atoms with Crippen LogP contribution in [-0.2, 0) is 16.0 Å². The number of rotatable bonds is 7. The summed E-state index contributed by atoms with van der Waals surface area (Å²) in [6, 6.07) is 11.1. The highest BCUT2D eigenvalue weighted by Gasteiger charge is 2.16. The van der Waals surface area contributed by atoms with Gasteiger partial charge in [-0.2, -0.15) is 0 Å². The lowest BCUT2D eigenvalue weighted by Crippen LogP contribution is -2.42. The molecule has 0 unspecified atom stereocenters. The lowest BCUT2D eigenvalue weighted by atomic mass is 10.1. The summed E-state index contributed by atoms with van der Waals surface area (Å²) in [6.45, 7) is 6.16. The van der Waals surface area contributed by atoms with Crippen LogP contribution in [0.25, 0.3) is 0 Å². The zero-order valence-electron chi connectivity index (χ0n) is 18.8. The highest BCUT2D eigenvalue weighted by Crippen LogP contribution is 2.13. The first kappa shape index (κ1) is 27.1. The van der Waals surface area contributed by atoms with Crippen LogP contribution >= 0.6 is 24.0 Å². The predicted octanol–water partition coefficient (Wildman–Crippen LogP) is 3.39. The first-order valence-corrected chi connectivity index (χ1v) is 9.98. The van der Waals surface area contributed by atoms with Gasteiger partial charge in [0.2, 0.25) is 5.91 Å². The quantitative estimate of drug-likeness (QED) is 0.237. The Balaban J connectivity index is 0.00000512. The lowest BCUT2D eigenvalue weighted by molar-refractivity contribution is -0.115. The molecule has 0 aliphatic carbocycles. The fourth-order valence-corrected chi connectivity index (χ4v) is 2.53. The fourth-order valence-electron chi connectivity index (χ4n) is 2.53. The minimum absolute atomic E-state index is 0. The van der Waals surface area contributed by atoms with E-state index in [1.807, 2.05) is 45.0 Å². The van der Waals surface area contributed by atoms with Gasteiger partial charge in [0.1, 0.15) is 5.60 Å². The number of aromatic nitrogens is 1. The molecule has 2 amide bonds. The number of nitrogens with one attached hydrogen (secondary N) is 4. The van der Waals surface area contributed by atoms with Crippen LogP contribution in [0.3, 0.4) is 0 Å². The van der Waals surface area contributed by atoms with Crippen molar-refractivity contribution >= 4 is 53.3 Å². The van der Waals surface area contributed by atoms with E-state index in [0.29, 0.717) is 23.9 Å². The van der Waals surface area contributed by atoms with Gasteiger partial charge >= 0.3 is 6.09 Å². The standard InChI is InChI=1S/C22H30N6O3.HI/c1-22(2,3)31-21(30)28-17-9-7-16(8-10-17)11-13-25-20(23-4)26-15-19(29)27-18-6-5-12-24-14-18;/h5-10,12,14H,11,13,15H2,1-4H3,(H,27,29)(H,28,30)(H2,23,25,26);1H. The van der Waals surface area contributed by atoms with E-state index in [2.05, 4.69) is 31.2 Å². The third-order valence-corrected chi connectivity index (χ3v) is 3.89. The minimum atomic E-state index is -0.540. The molecule has 1 aromatic carbocycles. The fraction of sp³-hybridized carbons (Fsp3) is 0.364. The first-order chi connectivity index (χ1) is 14.7. The highest BCUT2D eigenvalue weighted by atomic mass is 127. The Hall–Kier alpha value is -2.89. The van der Waals surface area contributed by atoms with Gasteiger partial charge in [0.15, 0.2) is 5.96 Å². The van der Waals surface area contributed by atoms with Crippen molar-refractivity contribution in [3.05, 3.63) is 54.4 Å². The molecule has 0 atom stereocenters. The van der Waals surface area contributed by atoms with Gasteiger partial charge in [-0.05, 0) is 57.0 Å². The number of hydrogen-bond acceptors (Lipinski definition) is 5. The minimum Gasteiger partial charge on any atom is -0.444 e. The number of carbonyl (C=O) groups is 2. The smallest absolute Gasteiger partial charge is 0.412 e. The summed E-state index contributed by atoms with van der Waals surface area (Å²) in [5.41, 5.74) is 1.86. The topological polar surface area (TPSA) is 117 Å². The van der Waals surface area contributed by atoms with Crippen molar-refractivity contribution in [2.24, 2.45) is 4.99 Å². The number of guanidine groups is 1. The number of nitrogens with zero attached hydrogens (tertiary/aromatic N) is 2. The number of amides is 2. The SMILES string of the molecule is CN=C(NCCc1ccc(NC(=O)OC(C)(C)C)cc1)NCC(=O)Nc1cccnc1.I. The van der Waals surface area contributed by atoms with Crippen LogP contribution in [0.5, 0.6) is 0 Å². The molecule has 1 heterocycles. The molecular formula is C22H31IN6O3. The number of ether oxygens (including phenoxy) is 1. The van der Waals surface area contributed by atoms with Crippen LogP contribution in [0.1, 0.15) is 26.3 Å². The number of aliphatic imine (C=N–C) groups is 1. The molecular weight excluding hydrogens is 523 g/mol. The summed E-state index contributed by atoms with van der Waals surface area (Å²) < 4.78 is 5.24. The molecule has 0 aliphatic heterocycles. The Kier molecular flexibility index (Phi) is 11.5. The molecule has 0 saturated heterocycles. The van der Waals surface area contributed by atoms with Gasteiger partial charge in [-0.15, -0.1) is 24.0 Å². The maximum atomic E-state index is 12.0. The van der Waals surface area contributed by atoms with E-state index < -0.39 is 11.7 Å². The van der Waals surface area contributed by atoms with E-state index in [9.17, 15) is 9.59 Å². The van der Waals surface area contributed by atoms with Crippen molar-refractivity contribution in [3.63, 3.8) is 0 Å². The van der Waals surface area contributed by atoms with Gasteiger partial charge in [-0.1, -0.05) is 12.1 Å². The second-order valence-corrected chi connectivity index (χ2v) is 7.72. The molecule has 10 heteroatoms. The summed E-state index contributed by atoms with van der Waals surface area (Å²) in [6.07, 6.45) is 3.49. The molecule has 0 saturated carbocycles. The van der Waals surface area contributed by atoms with Crippen LogP contribution in [0.15, 0.2) is 53.8 Å². The molecule has 0 spiro atoms. The first-order valence-electron chi connectivity index (χ1n) is 9.98. The summed E-state index contributed by atoms with van der Waals surface area (Å²) in [5, 5.41) is 11.6. The number of hydrogen-bond donors (Lipinski definition) is 4. The molecule has 2 rings (SSSR count). The Bertz CT molecular complexity index is 883. The molecule has 0 radical (unpaired) electrons. The second kappa shape index (κ2) is 13.5. The maximum Gasteiger partial charge on any atom is 0.412 e. The predicted molar refractivity (Wildman–Crippen MR) is 138 cm³/mol. The van der Waals surface area contributed by atoms with Gasteiger partial charge in [-0.3, -0.25) is 20.1 Å². The Labute approximate surface area is 205 Å². The molecule has 9 nitrogen and oxygen atoms in total. The molecule has 0 fully saturated rings. The molecule has 32 heavy (non-hydrogen) atoms. The van der Waals surface area contributed by atoms with E-state index in [-0.39, 0.29) is 36.4 Å². The van der Waals surface area contributed by atoms with Crippen LogP contribution in [0, 0.1) is 0 Å². The van der Waals surface area contributed by atoms with Crippen molar-refractivity contribution in [2.45, 2.75) is 32.8 Å². The van der Waals surface area contributed by atoms with Crippen molar-refractivity contribution in [1.29, 1.82) is 0 Å². The number of anilines is 2. The molecule has 2 aromatic rings. The van der Waals surface area contributed by atoms with Crippen molar-refractivity contribution in [2.75, 3.05) is 30.8 Å². The van der Waals surface area contributed by atoms with Crippen LogP contribution in [0.4, 0.5) is 16.2 Å². The molecule has 0 aliphatic rings. The molecule has 1 aromatic heterocycles. The Morgan fingerprint density at radius 1 is 1.03 bits per heavy atom. The summed E-state index contributed by atoms with van der Waals surface area (Å²) in [4.78, 5) is 31.9. The summed E-state index contributed by atoms with van der Waals surface area (Å²) in [5.74, 6) is 0.341. The average Bonchev–Trinajstić information content (AvgIpc) is 2.71. The van der Waals surface area contributed by atoms with Crippen molar-refractivity contribution < 1.29 is 14.3 Å². The summed E-state index contributed by atoms with van der Waals surface area (Å²) >= 11 is 0. The molecule has 0 bridgehead atoms. The Morgan fingerprint density at radius 3 is 2.34 bits per heavy atom. The van der Waals surface area contributed by atoms with E-state index in [1.54, 1.807) is 31.6 Å². The summed E-state index contributed by atoms with van der Waals surface area (Å²) in [7, 11) is 1.64. The maximum absolute atomic E-state index is 12.0. The average molecular weight is 554 g/mol. The van der Waals surface area contributed by atoms with Crippen LogP contribution in [-0.4, -0.2) is 48.7 Å². The van der Waals surface area contributed by atoms with E-state index in [0.717, 1.165) is 12.0 Å². The zero-order chi connectivity index (χ0) is 22.7. The van der Waals surface area contributed by atoms with Gasteiger partial charge < -0.3 is 20.7 Å². The normalized spacial score (nSPS) is 11.1. The third kappa shape index (κ3) is 10.9. The molecule has 4 N–H and O–H groups in total. The van der Waals surface area contributed by atoms with Gasteiger partial charge in [0.05, 0.1) is 18.4 Å². The van der Waals surface area contributed by atoms with E-state index in [1.165, 1.54) is 0 Å². The van der Waals surface area contributed by atoms with E-state index >= 15 is 0 Å². The largest absolute Gasteiger partial charge is 0.444 e. The number of pyridine rings is 1. The van der Waals surface area contributed by atoms with E-state index in [4.69, 9.17) is 4.74 Å². The number of halogens is 1. The van der Waals surface area contributed by atoms with Crippen LogP contribution < -0.4 is 21.3 Å². The number of carbonyl (C=O) groups excluding carboxylic acids is 2. The Morgan fingerprint density at radius 2 is 1.75 bits per heavy atom. The molecule has 174 valence electrons. The highest BCUT2D eigenvalue weighted by molar-refractivity contribution is 14.0. The van der Waals surface area contributed by atoms with Crippen molar-refractivity contribution in [1.82, 2.24) is 15.6 Å². The zero-order valence-corrected chi connectivity index (χ0v) is 21.1.